The second kappa shape index (κ2) is 5.98. The van der Waals surface area contributed by atoms with E-state index in [-0.39, 0.29) is 0 Å². The number of piperazine rings is 1. The molecule has 2 rings (SSSR count). The van der Waals surface area contributed by atoms with Crippen LogP contribution in [0.2, 0.25) is 0 Å². The van der Waals surface area contributed by atoms with Crippen molar-refractivity contribution in [1.29, 1.82) is 0 Å². The van der Waals surface area contributed by atoms with E-state index in [0.717, 1.165) is 32.2 Å². The summed E-state index contributed by atoms with van der Waals surface area (Å²) in [6.45, 7) is 3.43. The summed E-state index contributed by atoms with van der Waals surface area (Å²) in [5.41, 5.74) is -1.17. The molecule has 0 aliphatic carbocycles. The smallest absolute Gasteiger partial charge is 0.304 e. The van der Waals surface area contributed by atoms with Gasteiger partial charge in [0.2, 0.25) is 0 Å². The molecule has 1 aliphatic rings. The molecular weight excluding hydrogens is 287 g/mol. The minimum atomic E-state index is -4.58. The van der Waals surface area contributed by atoms with Crippen molar-refractivity contribution in [3.63, 3.8) is 0 Å². The number of rotatable bonds is 3. The molecule has 0 atom stereocenters. The monoisotopic (exact) mass is 303 g/mol. The van der Waals surface area contributed by atoms with Gasteiger partial charge in [-0.25, -0.2) is 0 Å². The summed E-state index contributed by atoms with van der Waals surface area (Å²) in [4.78, 5) is 14.1. The lowest BCUT2D eigenvalue weighted by Crippen LogP contribution is -2.43. The average Bonchev–Trinajstić information content (AvgIpc) is 2.40. The van der Waals surface area contributed by atoms with Gasteiger partial charge in [-0.15, -0.1) is 0 Å². The second-order valence-corrected chi connectivity index (χ2v) is 5.22. The predicted octanol–water partition coefficient (Wildman–Crippen LogP) is 2.36. The number of halogens is 3. The lowest BCUT2D eigenvalue weighted by Gasteiger charge is -2.32. The van der Waals surface area contributed by atoms with E-state index < -0.39 is 22.4 Å². The van der Waals surface area contributed by atoms with Crippen molar-refractivity contribution >= 4 is 5.69 Å². The van der Waals surface area contributed by atoms with Crippen LogP contribution in [0, 0.1) is 10.1 Å². The molecule has 1 fully saturated rings. The number of hydrogen-bond acceptors (Lipinski definition) is 4. The second-order valence-electron chi connectivity index (χ2n) is 5.22. The zero-order valence-corrected chi connectivity index (χ0v) is 11.6. The zero-order valence-electron chi connectivity index (χ0n) is 11.6. The van der Waals surface area contributed by atoms with Crippen LogP contribution in [0.5, 0.6) is 0 Å². The number of nitrogens with zero attached hydrogens (tertiary/aromatic N) is 3. The molecule has 0 aromatic heterocycles. The first-order chi connectivity index (χ1) is 9.75. The van der Waals surface area contributed by atoms with Crippen molar-refractivity contribution in [2.45, 2.75) is 12.7 Å². The predicted molar refractivity (Wildman–Crippen MR) is 70.9 cm³/mol. The summed E-state index contributed by atoms with van der Waals surface area (Å²) in [6.07, 6.45) is -4.58. The molecule has 116 valence electrons. The van der Waals surface area contributed by atoms with Gasteiger partial charge < -0.3 is 4.90 Å². The summed E-state index contributed by atoms with van der Waals surface area (Å²) < 4.78 is 38.4. The summed E-state index contributed by atoms with van der Waals surface area (Å²) in [5, 5.41) is 10.8. The molecule has 0 unspecified atom stereocenters. The number of nitro groups is 1. The fraction of sp³-hybridized carbons (Fsp3) is 0.538. The topological polar surface area (TPSA) is 49.6 Å². The number of alkyl halides is 3. The molecule has 1 saturated heterocycles. The number of benzene rings is 1. The molecule has 1 aromatic rings. The van der Waals surface area contributed by atoms with Crippen LogP contribution in [0.3, 0.4) is 0 Å². The Kier molecular flexibility index (Phi) is 4.48. The van der Waals surface area contributed by atoms with E-state index in [2.05, 4.69) is 4.90 Å². The number of non-ortho nitro benzene ring substituents is 1. The molecule has 1 aromatic carbocycles. The summed E-state index contributed by atoms with van der Waals surface area (Å²) >= 11 is 0. The van der Waals surface area contributed by atoms with E-state index in [1.165, 1.54) is 6.07 Å². The van der Waals surface area contributed by atoms with Gasteiger partial charge in [-0.1, -0.05) is 0 Å². The summed E-state index contributed by atoms with van der Waals surface area (Å²) in [5.74, 6) is 0. The maximum Gasteiger partial charge on any atom is 0.416 e. The Hall–Kier alpha value is -1.67. The van der Waals surface area contributed by atoms with Crippen LogP contribution >= 0.6 is 0 Å². The maximum atomic E-state index is 12.8. The molecule has 8 heteroatoms. The van der Waals surface area contributed by atoms with E-state index in [4.69, 9.17) is 0 Å². The molecule has 21 heavy (non-hydrogen) atoms. The van der Waals surface area contributed by atoms with E-state index in [0.29, 0.717) is 18.2 Å². The highest BCUT2D eigenvalue weighted by atomic mass is 19.4. The highest BCUT2D eigenvalue weighted by Gasteiger charge is 2.33. The van der Waals surface area contributed by atoms with Gasteiger partial charge in [0, 0.05) is 44.9 Å². The van der Waals surface area contributed by atoms with Gasteiger partial charge >= 0.3 is 6.18 Å². The van der Waals surface area contributed by atoms with Crippen molar-refractivity contribution in [3.8, 4) is 0 Å². The number of likely N-dealkylation sites (N-methyl/N-ethyl adjacent to an activating group) is 1. The van der Waals surface area contributed by atoms with Gasteiger partial charge in [0.1, 0.15) is 0 Å². The third kappa shape index (κ3) is 4.15. The van der Waals surface area contributed by atoms with Crippen molar-refractivity contribution in [2.75, 3.05) is 33.2 Å². The lowest BCUT2D eigenvalue weighted by molar-refractivity contribution is -0.385. The third-order valence-corrected chi connectivity index (χ3v) is 3.52. The Bertz CT molecular complexity index is 526. The molecule has 0 spiro atoms. The number of nitro benzene ring substituents is 1. The van der Waals surface area contributed by atoms with Crippen LogP contribution in [0.4, 0.5) is 18.9 Å². The Morgan fingerprint density at radius 1 is 1.19 bits per heavy atom. The van der Waals surface area contributed by atoms with Crippen molar-refractivity contribution in [1.82, 2.24) is 9.80 Å². The standard InChI is InChI=1S/C13H16F3N3O2/c1-17-2-4-18(5-3-17)9-10-6-11(13(14,15)16)8-12(7-10)19(20)21/h6-8H,2-5,9H2,1H3. The Balaban J connectivity index is 2.22. The Morgan fingerprint density at radius 2 is 1.81 bits per heavy atom. The first-order valence-electron chi connectivity index (χ1n) is 6.52. The first kappa shape index (κ1) is 15.7. The largest absolute Gasteiger partial charge is 0.416 e. The average molecular weight is 303 g/mol. The molecule has 1 heterocycles. The van der Waals surface area contributed by atoms with Gasteiger partial charge in [0.15, 0.2) is 0 Å². The Morgan fingerprint density at radius 3 is 2.33 bits per heavy atom. The van der Waals surface area contributed by atoms with E-state index in [1.54, 1.807) is 0 Å². The van der Waals surface area contributed by atoms with Crippen LogP contribution in [-0.2, 0) is 12.7 Å². The maximum absolute atomic E-state index is 12.8. The third-order valence-electron chi connectivity index (χ3n) is 3.52. The van der Waals surface area contributed by atoms with Crippen LogP contribution in [0.1, 0.15) is 11.1 Å². The quantitative estimate of drug-likeness (QED) is 0.635. The van der Waals surface area contributed by atoms with Gasteiger partial charge in [-0.3, -0.25) is 15.0 Å². The van der Waals surface area contributed by atoms with E-state index >= 15 is 0 Å². The van der Waals surface area contributed by atoms with Crippen LogP contribution < -0.4 is 0 Å². The molecular formula is C13H16F3N3O2. The van der Waals surface area contributed by atoms with Crippen molar-refractivity contribution in [3.05, 3.63) is 39.4 Å². The Labute approximate surface area is 120 Å². The fourth-order valence-corrected chi connectivity index (χ4v) is 2.30. The minimum absolute atomic E-state index is 0.290. The zero-order chi connectivity index (χ0) is 15.6. The number of hydrogen-bond donors (Lipinski definition) is 0. The van der Waals surface area contributed by atoms with Gasteiger partial charge in [-0.2, -0.15) is 13.2 Å². The van der Waals surface area contributed by atoms with Crippen LogP contribution in [0.25, 0.3) is 0 Å². The minimum Gasteiger partial charge on any atom is -0.304 e. The fourth-order valence-electron chi connectivity index (χ4n) is 2.30. The molecule has 0 N–H and O–H groups in total. The molecule has 0 amide bonds. The van der Waals surface area contributed by atoms with E-state index in [1.807, 2.05) is 11.9 Å². The van der Waals surface area contributed by atoms with E-state index in [9.17, 15) is 23.3 Å². The molecule has 5 nitrogen and oxygen atoms in total. The summed E-state index contributed by atoms with van der Waals surface area (Å²) in [6, 6.07) is 2.78. The molecule has 1 aliphatic heterocycles. The lowest BCUT2D eigenvalue weighted by atomic mass is 10.1. The molecule has 0 saturated carbocycles. The molecule has 0 radical (unpaired) electrons. The van der Waals surface area contributed by atoms with Crippen molar-refractivity contribution < 1.29 is 18.1 Å². The first-order valence-corrected chi connectivity index (χ1v) is 6.52. The van der Waals surface area contributed by atoms with Crippen LogP contribution in [0.15, 0.2) is 18.2 Å². The van der Waals surface area contributed by atoms with Gasteiger partial charge in [0.05, 0.1) is 10.5 Å². The van der Waals surface area contributed by atoms with Gasteiger partial charge in [0.25, 0.3) is 5.69 Å². The normalized spacial score (nSPS) is 17.9. The van der Waals surface area contributed by atoms with Gasteiger partial charge in [-0.05, 0) is 18.7 Å². The SMILES string of the molecule is CN1CCN(Cc2cc([N+](=O)[O-])cc(C(F)(F)F)c2)CC1. The summed E-state index contributed by atoms with van der Waals surface area (Å²) in [7, 11) is 1.98. The highest BCUT2D eigenvalue weighted by Crippen LogP contribution is 2.32. The molecule has 0 bridgehead atoms. The van der Waals surface area contributed by atoms with Crippen molar-refractivity contribution in [2.24, 2.45) is 0 Å². The highest BCUT2D eigenvalue weighted by molar-refractivity contribution is 5.40. The van der Waals surface area contributed by atoms with Crippen LogP contribution in [-0.4, -0.2) is 47.9 Å².